The van der Waals surface area contributed by atoms with Gasteiger partial charge in [0.05, 0.1) is 6.10 Å². The molecule has 104 valence electrons. The second-order valence-corrected chi connectivity index (χ2v) is 6.68. The number of halogens is 1. The fourth-order valence-electron chi connectivity index (χ4n) is 3.55. The van der Waals surface area contributed by atoms with E-state index in [1.54, 1.807) is 0 Å². The molecule has 20 heavy (non-hydrogen) atoms. The Bertz CT molecular complexity index is 604. The van der Waals surface area contributed by atoms with Gasteiger partial charge in [-0.2, -0.15) is 0 Å². The largest absolute Gasteiger partial charge is 0.365 e. The summed E-state index contributed by atoms with van der Waals surface area (Å²) in [5, 5.41) is 2.17. The molecule has 1 aromatic carbocycles. The Balaban J connectivity index is 1.75. The van der Waals surface area contributed by atoms with Crippen molar-refractivity contribution in [1.29, 1.82) is 0 Å². The Kier molecular flexibility index (Phi) is 3.12. The van der Waals surface area contributed by atoms with Crippen LogP contribution in [-0.4, -0.2) is 6.10 Å². The van der Waals surface area contributed by atoms with Crippen LogP contribution in [0.5, 0.6) is 0 Å². The number of fused-ring (bicyclic) bond motifs is 3. The third-order valence-electron chi connectivity index (χ3n) is 4.53. The molecular formula is C17H17FOS. The first-order valence-electron chi connectivity index (χ1n) is 7.31. The summed E-state index contributed by atoms with van der Waals surface area (Å²) >= 11 is 1.86. The lowest BCUT2D eigenvalue weighted by Gasteiger charge is -2.39. The summed E-state index contributed by atoms with van der Waals surface area (Å²) in [4.78, 5) is 1.50. The van der Waals surface area contributed by atoms with E-state index in [-0.39, 0.29) is 11.9 Å². The SMILES string of the molecule is Fc1ccc([C@@H]2O[C@H]3CCCC[C@@H]3c3sccc32)cc1. The number of hydrogen-bond donors (Lipinski definition) is 0. The van der Waals surface area contributed by atoms with Gasteiger partial charge in [0.1, 0.15) is 11.9 Å². The highest BCUT2D eigenvalue weighted by molar-refractivity contribution is 7.10. The summed E-state index contributed by atoms with van der Waals surface area (Å²) in [6.07, 6.45) is 5.29. The van der Waals surface area contributed by atoms with Crippen LogP contribution < -0.4 is 0 Å². The van der Waals surface area contributed by atoms with Crippen molar-refractivity contribution >= 4 is 11.3 Å². The van der Waals surface area contributed by atoms with E-state index in [9.17, 15) is 4.39 Å². The van der Waals surface area contributed by atoms with E-state index in [1.165, 1.54) is 41.8 Å². The van der Waals surface area contributed by atoms with E-state index in [4.69, 9.17) is 4.74 Å². The van der Waals surface area contributed by atoms with Gasteiger partial charge in [-0.1, -0.05) is 25.0 Å². The summed E-state index contributed by atoms with van der Waals surface area (Å²) < 4.78 is 19.5. The highest BCUT2D eigenvalue weighted by Gasteiger charge is 2.38. The molecule has 0 N–H and O–H groups in total. The van der Waals surface area contributed by atoms with Crippen LogP contribution in [0, 0.1) is 5.82 Å². The monoisotopic (exact) mass is 288 g/mol. The number of hydrogen-bond acceptors (Lipinski definition) is 2. The molecule has 0 bridgehead atoms. The smallest absolute Gasteiger partial charge is 0.123 e. The van der Waals surface area contributed by atoms with Gasteiger partial charge in [0.25, 0.3) is 0 Å². The minimum atomic E-state index is -0.189. The second kappa shape index (κ2) is 4.97. The van der Waals surface area contributed by atoms with Gasteiger partial charge in [-0.05, 0) is 47.5 Å². The van der Waals surface area contributed by atoms with Gasteiger partial charge in [-0.3, -0.25) is 0 Å². The first-order chi connectivity index (χ1) is 9.83. The highest BCUT2D eigenvalue weighted by Crippen LogP contribution is 2.48. The molecule has 2 aliphatic rings. The maximum Gasteiger partial charge on any atom is 0.123 e. The fourth-order valence-corrected chi connectivity index (χ4v) is 4.67. The third-order valence-corrected chi connectivity index (χ3v) is 5.60. The third kappa shape index (κ3) is 2.00. The topological polar surface area (TPSA) is 9.23 Å². The maximum absolute atomic E-state index is 13.1. The summed E-state index contributed by atoms with van der Waals surface area (Å²) in [7, 11) is 0. The van der Waals surface area contributed by atoms with Crippen LogP contribution in [0.15, 0.2) is 35.7 Å². The van der Waals surface area contributed by atoms with E-state index < -0.39 is 0 Å². The van der Waals surface area contributed by atoms with Gasteiger partial charge in [-0.25, -0.2) is 4.39 Å². The van der Waals surface area contributed by atoms with E-state index in [0.29, 0.717) is 12.0 Å². The molecule has 3 heteroatoms. The maximum atomic E-state index is 13.1. The van der Waals surface area contributed by atoms with Gasteiger partial charge in [0, 0.05) is 10.8 Å². The first-order valence-corrected chi connectivity index (χ1v) is 8.19. The van der Waals surface area contributed by atoms with E-state index in [1.807, 2.05) is 23.5 Å². The summed E-state index contributed by atoms with van der Waals surface area (Å²) in [5.41, 5.74) is 2.36. The van der Waals surface area contributed by atoms with Crippen molar-refractivity contribution in [2.45, 2.75) is 43.8 Å². The van der Waals surface area contributed by atoms with Crippen LogP contribution in [0.1, 0.15) is 53.7 Å². The Hall–Kier alpha value is -1.19. The predicted molar refractivity (Wildman–Crippen MR) is 78.6 cm³/mol. The van der Waals surface area contributed by atoms with Gasteiger partial charge in [-0.15, -0.1) is 11.3 Å². The molecule has 2 heterocycles. The van der Waals surface area contributed by atoms with Crippen molar-refractivity contribution < 1.29 is 9.13 Å². The summed E-state index contributed by atoms with van der Waals surface area (Å²) in [6.45, 7) is 0. The molecule has 0 saturated heterocycles. The van der Waals surface area contributed by atoms with Crippen LogP contribution in [-0.2, 0) is 4.74 Å². The van der Waals surface area contributed by atoms with Crippen molar-refractivity contribution in [3.05, 3.63) is 57.5 Å². The van der Waals surface area contributed by atoms with Gasteiger partial charge in [0.15, 0.2) is 0 Å². The lowest BCUT2D eigenvalue weighted by molar-refractivity contribution is -0.0374. The number of rotatable bonds is 1. The predicted octanol–water partition coefficient (Wildman–Crippen LogP) is 5.03. The van der Waals surface area contributed by atoms with Crippen molar-refractivity contribution in [2.24, 2.45) is 0 Å². The second-order valence-electron chi connectivity index (χ2n) is 5.74. The Morgan fingerprint density at radius 1 is 1.05 bits per heavy atom. The van der Waals surface area contributed by atoms with Gasteiger partial charge >= 0.3 is 0 Å². The Labute approximate surface area is 122 Å². The van der Waals surface area contributed by atoms with Crippen molar-refractivity contribution in [2.75, 3.05) is 0 Å². The molecule has 0 unspecified atom stereocenters. The van der Waals surface area contributed by atoms with Gasteiger partial charge < -0.3 is 4.74 Å². The van der Waals surface area contributed by atoms with Crippen molar-refractivity contribution in [3.63, 3.8) is 0 Å². The van der Waals surface area contributed by atoms with Crippen LogP contribution in [0.3, 0.4) is 0 Å². The minimum Gasteiger partial charge on any atom is -0.365 e. The Morgan fingerprint density at radius 2 is 1.85 bits per heavy atom. The lowest BCUT2D eigenvalue weighted by Crippen LogP contribution is -2.32. The summed E-state index contributed by atoms with van der Waals surface area (Å²) in [6, 6.07) is 8.93. The molecule has 0 radical (unpaired) electrons. The minimum absolute atomic E-state index is 0.0174. The van der Waals surface area contributed by atoms with Crippen molar-refractivity contribution in [1.82, 2.24) is 0 Å². The fraction of sp³-hybridized carbons (Fsp3) is 0.412. The van der Waals surface area contributed by atoms with Crippen LogP contribution >= 0.6 is 11.3 Å². The standard InChI is InChI=1S/C17H17FOS/c18-12-7-5-11(6-8-12)16-14-9-10-20-17(14)13-3-1-2-4-15(13)19-16/h5-10,13,15-16H,1-4H2/t13-,15-,16-/m0/s1. The average molecular weight is 288 g/mol. The zero-order valence-corrected chi connectivity index (χ0v) is 12.0. The summed E-state index contributed by atoms with van der Waals surface area (Å²) in [5.74, 6) is 0.390. The van der Waals surface area contributed by atoms with Crippen molar-refractivity contribution in [3.8, 4) is 0 Å². The molecule has 1 aliphatic carbocycles. The highest BCUT2D eigenvalue weighted by atomic mass is 32.1. The molecule has 1 aliphatic heterocycles. The van der Waals surface area contributed by atoms with E-state index in [0.717, 1.165) is 12.0 Å². The molecule has 1 nitrogen and oxygen atoms in total. The zero-order chi connectivity index (χ0) is 13.5. The van der Waals surface area contributed by atoms with Gasteiger partial charge in [0.2, 0.25) is 0 Å². The average Bonchev–Trinajstić information content (AvgIpc) is 2.97. The normalized spacial score (nSPS) is 28.8. The van der Waals surface area contributed by atoms with E-state index >= 15 is 0 Å². The molecule has 2 aromatic rings. The molecule has 1 saturated carbocycles. The van der Waals surface area contributed by atoms with Crippen LogP contribution in [0.25, 0.3) is 0 Å². The quantitative estimate of drug-likeness (QED) is 0.715. The molecular weight excluding hydrogens is 271 g/mol. The number of thiophene rings is 1. The first kappa shape index (κ1) is 12.5. The van der Waals surface area contributed by atoms with Crippen LogP contribution in [0.4, 0.5) is 4.39 Å². The van der Waals surface area contributed by atoms with E-state index in [2.05, 4.69) is 11.4 Å². The molecule has 0 spiro atoms. The molecule has 0 amide bonds. The Morgan fingerprint density at radius 3 is 2.70 bits per heavy atom. The number of ether oxygens (including phenoxy) is 1. The molecule has 1 fully saturated rings. The molecule has 3 atom stereocenters. The van der Waals surface area contributed by atoms with Crippen LogP contribution in [0.2, 0.25) is 0 Å². The number of benzene rings is 1. The zero-order valence-electron chi connectivity index (χ0n) is 11.2. The molecule has 4 rings (SSSR count). The lowest BCUT2D eigenvalue weighted by atomic mass is 9.80. The molecule has 1 aromatic heterocycles.